The first-order chi connectivity index (χ1) is 7.84. The zero-order valence-corrected chi connectivity index (χ0v) is 10.1. The van der Waals surface area contributed by atoms with Crippen molar-refractivity contribution in [3.63, 3.8) is 0 Å². The highest BCUT2D eigenvalue weighted by atomic mass is 16.6. The van der Waals surface area contributed by atoms with Gasteiger partial charge in [0.25, 0.3) is 5.91 Å². The van der Waals surface area contributed by atoms with Gasteiger partial charge in [0, 0.05) is 16.4 Å². The van der Waals surface area contributed by atoms with Crippen molar-refractivity contribution >= 4 is 11.6 Å². The van der Waals surface area contributed by atoms with Gasteiger partial charge in [-0.25, -0.2) is 0 Å². The molecule has 0 fully saturated rings. The first kappa shape index (κ1) is 15.1. The summed E-state index contributed by atoms with van der Waals surface area (Å²) in [6.45, 7) is 5.13. The number of hydrogen-bond acceptors (Lipinski definition) is 5. The van der Waals surface area contributed by atoms with Crippen LogP contribution in [0, 0.1) is 16.0 Å². The molecule has 1 amide bonds. The van der Waals surface area contributed by atoms with Gasteiger partial charge in [-0.05, 0) is 12.5 Å². The third-order valence-electron chi connectivity index (χ3n) is 2.33. The van der Waals surface area contributed by atoms with Crippen molar-refractivity contribution in [2.45, 2.75) is 33.2 Å². The quantitative estimate of drug-likeness (QED) is 0.312. The molecule has 7 heteroatoms. The molecule has 0 spiro atoms. The molecule has 0 aromatic carbocycles. The second-order valence-corrected chi connectivity index (χ2v) is 3.90. The molecule has 0 aliphatic rings. The third kappa shape index (κ3) is 4.21. The number of hydrogen-bond donors (Lipinski definition) is 2. The molecular weight excluding hydrogens is 226 g/mol. The van der Waals surface area contributed by atoms with E-state index < -0.39 is 16.9 Å². The second kappa shape index (κ2) is 6.62. The van der Waals surface area contributed by atoms with Crippen molar-refractivity contribution in [2.24, 2.45) is 16.8 Å². The molecule has 1 unspecified atom stereocenters. The smallest absolute Gasteiger partial charge is 0.270 e. The summed E-state index contributed by atoms with van der Waals surface area (Å²) in [5, 5.41) is 22.2. The first-order valence-electron chi connectivity index (χ1n) is 5.20. The molecule has 0 rings (SSSR count). The van der Waals surface area contributed by atoms with Gasteiger partial charge >= 0.3 is 0 Å². The van der Waals surface area contributed by atoms with Crippen LogP contribution in [0.4, 0.5) is 0 Å². The Hall–Kier alpha value is -1.92. The monoisotopic (exact) mass is 243 g/mol. The fourth-order valence-electron chi connectivity index (χ4n) is 1.53. The highest BCUT2D eigenvalue weighted by molar-refractivity contribution is 6.42. The number of amides is 1. The van der Waals surface area contributed by atoms with Crippen LogP contribution in [0.2, 0.25) is 0 Å². The Balaban J connectivity index is 5.37. The average Bonchev–Trinajstić information content (AvgIpc) is 2.21. The van der Waals surface area contributed by atoms with Crippen LogP contribution in [0.15, 0.2) is 16.8 Å². The van der Waals surface area contributed by atoms with Crippen LogP contribution in [-0.4, -0.2) is 27.8 Å². The molecule has 0 bridgehead atoms. The van der Waals surface area contributed by atoms with Crippen molar-refractivity contribution in [3.8, 4) is 0 Å². The van der Waals surface area contributed by atoms with Gasteiger partial charge in [0.05, 0.1) is 0 Å². The highest BCUT2D eigenvalue weighted by Crippen LogP contribution is 2.18. The summed E-state index contributed by atoms with van der Waals surface area (Å²) in [7, 11) is 0. The Morgan fingerprint density at radius 1 is 1.59 bits per heavy atom. The molecule has 0 saturated heterocycles. The van der Waals surface area contributed by atoms with Gasteiger partial charge in [-0.3, -0.25) is 14.9 Å². The number of nitro groups is 1. The Morgan fingerprint density at radius 2 is 2.12 bits per heavy atom. The highest BCUT2D eigenvalue weighted by Gasteiger charge is 2.28. The lowest BCUT2D eigenvalue weighted by atomic mass is 9.93. The molecule has 0 heterocycles. The summed E-state index contributed by atoms with van der Waals surface area (Å²) >= 11 is 0. The predicted molar refractivity (Wildman–Crippen MR) is 62.4 cm³/mol. The van der Waals surface area contributed by atoms with Gasteiger partial charge in [-0.2, -0.15) is 0 Å². The summed E-state index contributed by atoms with van der Waals surface area (Å²) in [5.74, 6) is -1.16. The normalized spacial score (nSPS) is 14.8. The van der Waals surface area contributed by atoms with Gasteiger partial charge in [0.1, 0.15) is 0 Å². The predicted octanol–water partition coefficient (Wildman–Crippen LogP) is 0.940. The molecule has 0 aliphatic carbocycles. The molecule has 3 N–H and O–H groups in total. The van der Waals surface area contributed by atoms with Gasteiger partial charge in [0.15, 0.2) is 5.71 Å². The summed E-state index contributed by atoms with van der Waals surface area (Å²) in [4.78, 5) is 21.4. The van der Waals surface area contributed by atoms with Crippen molar-refractivity contribution in [1.29, 1.82) is 0 Å². The molecule has 0 radical (unpaired) electrons. The zero-order valence-electron chi connectivity index (χ0n) is 10.1. The average molecular weight is 243 g/mol. The van der Waals surface area contributed by atoms with E-state index >= 15 is 0 Å². The van der Waals surface area contributed by atoms with Gasteiger partial charge in [-0.15, -0.1) is 0 Å². The number of carbonyl (C=O) groups is 1. The van der Waals surface area contributed by atoms with E-state index in [0.29, 0.717) is 12.0 Å². The third-order valence-corrected chi connectivity index (χ3v) is 2.33. The lowest BCUT2D eigenvalue weighted by Crippen LogP contribution is -2.30. The van der Waals surface area contributed by atoms with E-state index in [1.54, 1.807) is 20.8 Å². The Labute approximate surface area is 99.1 Å². The van der Waals surface area contributed by atoms with Crippen molar-refractivity contribution in [2.75, 3.05) is 0 Å². The van der Waals surface area contributed by atoms with Crippen LogP contribution in [0.3, 0.4) is 0 Å². The lowest BCUT2D eigenvalue weighted by Gasteiger charge is -2.15. The molecular formula is C10H17N3O4. The minimum Gasteiger partial charge on any atom is -0.410 e. The number of nitrogens with two attached hydrogens (primary N) is 1. The van der Waals surface area contributed by atoms with Crippen LogP contribution in [0.1, 0.15) is 27.2 Å². The molecule has 0 aromatic rings. The largest absolute Gasteiger partial charge is 0.410 e. The van der Waals surface area contributed by atoms with Crippen molar-refractivity contribution in [3.05, 3.63) is 21.8 Å². The standard InChI is InChI=1S/C10H17N3O4/c1-4-7(5-8(12-15)10(11)14)9(6(2)3)13(16)17/h5-6,9,15H,4H2,1-3H3,(H2,11,14)/b7-5+,12-8-. The van der Waals surface area contributed by atoms with Crippen LogP contribution in [0.25, 0.3) is 0 Å². The van der Waals surface area contributed by atoms with Crippen LogP contribution >= 0.6 is 0 Å². The number of rotatable bonds is 6. The summed E-state index contributed by atoms with van der Waals surface area (Å²) in [5.41, 5.74) is 4.98. The maximum Gasteiger partial charge on any atom is 0.270 e. The maximum atomic E-state index is 10.9. The fourth-order valence-corrected chi connectivity index (χ4v) is 1.53. The number of carbonyl (C=O) groups excluding carboxylic acids is 1. The molecule has 7 nitrogen and oxygen atoms in total. The number of oxime groups is 1. The van der Waals surface area contributed by atoms with Gasteiger partial charge in [0.2, 0.25) is 6.04 Å². The van der Waals surface area contributed by atoms with E-state index in [4.69, 9.17) is 10.9 Å². The number of primary amides is 1. The molecule has 1 atom stereocenters. The first-order valence-corrected chi connectivity index (χ1v) is 5.20. The number of nitrogens with zero attached hydrogens (tertiary/aromatic N) is 2. The van der Waals surface area contributed by atoms with Crippen LogP contribution < -0.4 is 5.73 Å². The molecule has 0 aliphatic heterocycles. The molecule has 0 aromatic heterocycles. The van der Waals surface area contributed by atoms with E-state index in [9.17, 15) is 14.9 Å². The Bertz CT molecular complexity index is 361. The zero-order chi connectivity index (χ0) is 13.6. The summed E-state index contributed by atoms with van der Waals surface area (Å²) < 4.78 is 0. The van der Waals surface area contributed by atoms with E-state index in [1.807, 2.05) is 0 Å². The van der Waals surface area contributed by atoms with Gasteiger partial charge in [-0.1, -0.05) is 25.9 Å². The van der Waals surface area contributed by atoms with E-state index in [-0.39, 0.29) is 11.6 Å². The van der Waals surface area contributed by atoms with Crippen LogP contribution in [-0.2, 0) is 4.79 Å². The van der Waals surface area contributed by atoms with E-state index in [2.05, 4.69) is 5.16 Å². The van der Waals surface area contributed by atoms with E-state index in [1.165, 1.54) is 6.08 Å². The lowest BCUT2D eigenvalue weighted by molar-refractivity contribution is -0.520. The topological polar surface area (TPSA) is 119 Å². The Kier molecular flexibility index (Phi) is 5.87. The van der Waals surface area contributed by atoms with Crippen LogP contribution in [0.5, 0.6) is 0 Å². The SMILES string of the molecule is CC/C(=C\C(=N\O)C(N)=O)C(C(C)C)[N+](=O)[O-]. The van der Waals surface area contributed by atoms with Crippen molar-refractivity contribution < 1.29 is 14.9 Å². The minimum atomic E-state index is -0.927. The fraction of sp³-hybridized carbons (Fsp3) is 0.600. The molecule has 96 valence electrons. The minimum absolute atomic E-state index is 0.232. The summed E-state index contributed by atoms with van der Waals surface area (Å²) in [6.07, 6.45) is 1.55. The second-order valence-electron chi connectivity index (χ2n) is 3.90. The Morgan fingerprint density at radius 3 is 2.35 bits per heavy atom. The van der Waals surface area contributed by atoms with Gasteiger partial charge < -0.3 is 10.9 Å². The molecule has 17 heavy (non-hydrogen) atoms. The van der Waals surface area contributed by atoms with Crippen molar-refractivity contribution in [1.82, 2.24) is 0 Å². The summed E-state index contributed by atoms with van der Waals surface area (Å²) in [6, 6.07) is -0.920. The molecule has 0 saturated carbocycles. The maximum absolute atomic E-state index is 10.9. The van der Waals surface area contributed by atoms with E-state index in [0.717, 1.165) is 0 Å².